The maximum absolute atomic E-state index is 12.8. The van der Waals surface area contributed by atoms with Gasteiger partial charge in [0.2, 0.25) is 0 Å². The summed E-state index contributed by atoms with van der Waals surface area (Å²) in [5, 5.41) is 3.09. The van der Waals surface area contributed by atoms with Crippen molar-refractivity contribution in [2.75, 3.05) is 6.61 Å². The summed E-state index contributed by atoms with van der Waals surface area (Å²) in [5.41, 5.74) is 1.68. The number of carbonyl (C=O) groups is 2. The van der Waals surface area contributed by atoms with Crippen molar-refractivity contribution in [3.8, 4) is 0 Å². The SMILES string of the molecule is CCC(=O)CCCCC[C@H](NC(=O)OC(C)(C)C)c1nc(C2=CCCCC2)cn1COCC[Si](C)(C)C. The number of rotatable bonds is 15. The lowest BCUT2D eigenvalue weighted by atomic mass is 9.98. The van der Waals surface area contributed by atoms with Crippen molar-refractivity contribution < 1.29 is 19.1 Å². The minimum atomic E-state index is -1.19. The highest BCUT2D eigenvalue weighted by molar-refractivity contribution is 6.76. The number of hydrogen-bond donors (Lipinski definition) is 1. The normalized spacial score (nSPS) is 15.3. The van der Waals surface area contributed by atoms with Gasteiger partial charge in [0.1, 0.15) is 23.9 Å². The summed E-state index contributed by atoms with van der Waals surface area (Å²) in [6.45, 7) is 15.7. The van der Waals surface area contributed by atoms with Crippen LogP contribution in [0.1, 0.15) is 109 Å². The molecule has 7 nitrogen and oxygen atoms in total. The first-order chi connectivity index (χ1) is 17.4. The number of hydrogen-bond acceptors (Lipinski definition) is 5. The van der Waals surface area contributed by atoms with Crippen LogP contribution in [0.2, 0.25) is 25.7 Å². The van der Waals surface area contributed by atoms with E-state index >= 15 is 0 Å². The Labute approximate surface area is 225 Å². The molecule has 0 unspecified atom stereocenters. The molecular weight excluding hydrogens is 482 g/mol. The summed E-state index contributed by atoms with van der Waals surface area (Å²) in [7, 11) is -1.19. The van der Waals surface area contributed by atoms with Gasteiger partial charge in [-0.1, -0.05) is 45.5 Å². The van der Waals surface area contributed by atoms with E-state index in [4.69, 9.17) is 14.5 Å². The number of nitrogens with zero attached hydrogens (tertiary/aromatic N) is 2. The summed E-state index contributed by atoms with van der Waals surface area (Å²) in [4.78, 5) is 29.5. The van der Waals surface area contributed by atoms with Crippen molar-refractivity contribution in [2.24, 2.45) is 0 Å². The maximum Gasteiger partial charge on any atom is 0.408 e. The predicted octanol–water partition coefficient (Wildman–Crippen LogP) is 7.65. The molecular formula is C29H51N3O4Si. The van der Waals surface area contributed by atoms with Gasteiger partial charge in [-0.05, 0) is 70.9 Å². The molecule has 0 spiro atoms. The van der Waals surface area contributed by atoms with E-state index in [2.05, 4.69) is 41.8 Å². The first-order valence-electron chi connectivity index (χ1n) is 14.2. The van der Waals surface area contributed by atoms with Crippen LogP contribution in [0, 0.1) is 0 Å². The molecule has 0 aromatic carbocycles. The van der Waals surface area contributed by atoms with Gasteiger partial charge < -0.3 is 19.4 Å². The summed E-state index contributed by atoms with van der Waals surface area (Å²) < 4.78 is 13.8. The van der Waals surface area contributed by atoms with Gasteiger partial charge in [-0.15, -0.1) is 0 Å². The fourth-order valence-corrected chi connectivity index (χ4v) is 5.08. The maximum atomic E-state index is 12.8. The molecule has 0 aliphatic heterocycles. The minimum Gasteiger partial charge on any atom is -0.444 e. The number of unbranched alkanes of at least 4 members (excludes halogenated alkanes) is 2. The van der Waals surface area contributed by atoms with Gasteiger partial charge in [0, 0.05) is 33.7 Å². The third-order valence-electron chi connectivity index (χ3n) is 6.50. The summed E-state index contributed by atoms with van der Waals surface area (Å²) in [6, 6.07) is 0.806. The van der Waals surface area contributed by atoms with Crippen molar-refractivity contribution >= 4 is 25.5 Å². The van der Waals surface area contributed by atoms with Crippen molar-refractivity contribution in [1.29, 1.82) is 0 Å². The van der Waals surface area contributed by atoms with Crippen molar-refractivity contribution in [1.82, 2.24) is 14.9 Å². The molecule has 0 fully saturated rings. The highest BCUT2D eigenvalue weighted by Gasteiger charge is 2.25. The number of alkyl carbamates (subject to hydrolysis) is 1. The Bertz CT molecular complexity index is 896. The number of aromatic nitrogens is 2. The second kappa shape index (κ2) is 14.9. The van der Waals surface area contributed by atoms with E-state index in [9.17, 15) is 9.59 Å². The standard InChI is InChI=1S/C29H51N3O4Si/c1-8-24(33)17-13-10-14-18-25(31-28(34)36-29(2,3)4)27-30-26(23-15-11-9-12-16-23)21-32(27)22-35-19-20-37(5,6)7/h15,21,25H,8-14,16-20,22H2,1-7H3,(H,31,34)/t25-/m0/s1. The molecule has 1 N–H and O–H groups in total. The molecule has 1 amide bonds. The molecule has 1 heterocycles. The van der Waals surface area contributed by atoms with Gasteiger partial charge in [0.15, 0.2) is 0 Å². The second-order valence-corrected chi connectivity index (χ2v) is 18.1. The number of allylic oxidation sites excluding steroid dienone is 2. The van der Waals surface area contributed by atoms with E-state index in [1.165, 1.54) is 18.4 Å². The van der Waals surface area contributed by atoms with Gasteiger partial charge in [0.05, 0.1) is 11.7 Å². The van der Waals surface area contributed by atoms with E-state index in [-0.39, 0.29) is 6.04 Å². The Hall–Kier alpha value is -1.93. The number of Topliss-reactive ketones (excluding diaryl/α,β-unsaturated/α-hetero) is 1. The minimum absolute atomic E-state index is 0.296. The van der Waals surface area contributed by atoms with Crippen LogP contribution in [-0.2, 0) is 21.0 Å². The molecule has 0 saturated carbocycles. The summed E-state index contributed by atoms with van der Waals surface area (Å²) in [5.74, 6) is 1.12. The topological polar surface area (TPSA) is 82.5 Å². The van der Waals surface area contributed by atoms with Crippen molar-refractivity contribution in [2.45, 2.75) is 136 Å². The molecule has 37 heavy (non-hydrogen) atoms. The quantitative estimate of drug-likeness (QED) is 0.185. The second-order valence-electron chi connectivity index (χ2n) is 12.5. The average Bonchev–Trinajstić information content (AvgIpc) is 3.23. The molecule has 1 atom stereocenters. The van der Waals surface area contributed by atoms with Crippen molar-refractivity contribution in [3.05, 3.63) is 23.8 Å². The Kier molecular flexibility index (Phi) is 12.6. The molecule has 0 saturated heterocycles. The van der Waals surface area contributed by atoms with Crippen LogP contribution in [0.3, 0.4) is 0 Å². The fourth-order valence-electron chi connectivity index (χ4n) is 4.32. The average molecular weight is 534 g/mol. The number of carbonyl (C=O) groups excluding carboxylic acids is 2. The van der Waals surface area contributed by atoms with E-state index in [0.717, 1.165) is 62.7 Å². The van der Waals surface area contributed by atoms with E-state index in [0.29, 0.717) is 25.4 Å². The number of ether oxygens (including phenoxy) is 2. The third kappa shape index (κ3) is 12.4. The Morgan fingerprint density at radius 3 is 2.54 bits per heavy atom. The molecule has 210 valence electrons. The number of nitrogens with one attached hydrogen (secondary N) is 1. The smallest absolute Gasteiger partial charge is 0.408 e. The highest BCUT2D eigenvalue weighted by atomic mass is 28.3. The van der Waals surface area contributed by atoms with Crippen LogP contribution in [0.25, 0.3) is 5.57 Å². The lowest BCUT2D eigenvalue weighted by Gasteiger charge is -2.24. The lowest BCUT2D eigenvalue weighted by molar-refractivity contribution is -0.118. The largest absolute Gasteiger partial charge is 0.444 e. The molecule has 1 aromatic rings. The molecule has 1 aliphatic rings. The number of ketones is 1. The molecule has 0 bridgehead atoms. The lowest BCUT2D eigenvalue weighted by Crippen LogP contribution is -2.36. The molecule has 8 heteroatoms. The molecule has 2 rings (SSSR count). The van der Waals surface area contributed by atoms with Gasteiger partial charge in [-0.3, -0.25) is 4.79 Å². The number of imidazole rings is 1. The zero-order valence-electron chi connectivity index (χ0n) is 24.5. The van der Waals surface area contributed by atoms with Crippen LogP contribution < -0.4 is 5.32 Å². The zero-order chi connectivity index (χ0) is 27.5. The van der Waals surface area contributed by atoms with E-state index in [1.807, 2.05) is 27.7 Å². The highest BCUT2D eigenvalue weighted by Crippen LogP contribution is 2.29. The molecule has 1 aliphatic carbocycles. The van der Waals surface area contributed by atoms with Crippen LogP contribution in [-0.4, -0.2) is 41.7 Å². The van der Waals surface area contributed by atoms with Crippen LogP contribution in [0.5, 0.6) is 0 Å². The first kappa shape index (κ1) is 31.3. The van der Waals surface area contributed by atoms with E-state index < -0.39 is 19.8 Å². The monoisotopic (exact) mass is 533 g/mol. The van der Waals surface area contributed by atoms with Gasteiger partial charge in [0.25, 0.3) is 0 Å². The first-order valence-corrected chi connectivity index (χ1v) is 17.9. The summed E-state index contributed by atoms with van der Waals surface area (Å²) >= 11 is 0. The Balaban J connectivity index is 2.23. The molecule has 1 aromatic heterocycles. The summed E-state index contributed by atoms with van der Waals surface area (Å²) in [6.07, 6.45) is 13.1. The zero-order valence-corrected chi connectivity index (χ0v) is 25.5. The predicted molar refractivity (Wildman–Crippen MR) is 153 cm³/mol. The fraction of sp³-hybridized carbons (Fsp3) is 0.759. The van der Waals surface area contributed by atoms with Crippen LogP contribution in [0.4, 0.5) is 4.79 Å². The Morgan fingerprint density at radius 1 is 1.16 bits per heavy atom. The van der Waals surface area contributed by atoms with Crippen LogP contribution in [0.15, 0.2) is 12.3 Å². The Morgan fingerprint density at radius 2 is 1.92 bits per heavy atom. The van der Waals surface area contributed by atoms with E-state index in [1.54, 1.807) is 0 Å². The van der Waals surface area contributed by atoms with Gasteiger partial charge in [-0.2, -0.15) is 0 Å². The van der Waals surface area contributed by atoms with Crippen LogP contribution >= 0.6 is 0 Å². The van der Waals surface area contributed by atoms with Gasteiger partial charge >= 0.3 is 6.09 Å². The molecule has 0 radical (unpaired) electrons. The third-order valence-corrected chi connectivity index (χ3v) is 8.20. The van der Waals surface area contributed by atoms with Crippen molar-refractivity contribution in [3.63, 3.8) is 0 Å². The number of amides is 1. The van der Waals surface area contributed by atoms with Gasteiger partial charge in [-0.25, -0.2) is 9.78 Å².